The van der Waals surface area contributed by atoms with E-state index < -0.39 is 11.2 Å². The molecular weight excluding hydrogens is 338 g/mol. The minimum absolute atomic E-state index is 0.00808. The lowest BCUT2D eigenvalue weighted by Crippen LogP contribution is -2.37. The van der Waals surface area contributed by atoms with Crippen LogP contribution in [0.2, 0.25) is 0 Å². The molecule has 2 heterocycles. The van der Waals surface area contributed by atoms with E-state index in [0.29, 0.717) is 12.4 Å². The molecule has 3 aromatic rings. The number of carbonyl (C=O) groups excluding carboxylic acids is 1. The van der Waals surface area contributed by atoms with Crippen molar-refractivity contribution in [1.29, 1.82) is 0 Å². The van der Waals surface area contributed by atoms with Crippen molar-refractivity contribution in [2.45, 2.75) is 24.8 Å². The topological polar surface area (TPSA) is 77.1 Å². The van der Waals surface area contributed by atoms with Crippen LogP contribution in [-0.2, 0) is 16.8 Å². The molecule has 1 aliphatic carbocycles. The van der Waals surface area contributed by atoms with Crippen LogP contribution in [0.4, 0.5) is 0 Å². The van der Waals surface area contributed by atoms with Gasteiger partial charge in [0.2, 0.25) is 5.91 Å². The maximum absolute atomic E-state index is 12.6. The van der Waals surface area contributed by atoms with Crippen LogP contribution in [0.3, 0.4) is 0 Å². The molecule has 6 nitrogen and oxygen atoms in total. The third kappa shape index (κ3) is 3.02. The average Bonchev–Trinajstić information content (AvgIpc) is 3.10. The zero-order valence-corrected chi connectivity index (χ0v) is 14.3. The molecule has 0 atom stereocenters. The lowest BCUT2D eigenvalue weighted by Gasteiger charge is -2.15. The molecule has 2 aromatic heterocycles. The maximum atomic E-state index is 12.6. The Balaban J connectivity index is 1.39. The van der Waals surface area contributed by atoms with Crippen molar-refractivity contribution in [2.24, 2.45) is 0 Å². The van der Waals surface area contributed by atoms with Crippen molar-refractivity contribution in [3.05, 3.63) is 64.0 Å². The highest BCUT2D eigenvalue weighted by Crippen LogP contribution is 2.48. The first-order chi connectivity index (χ1) is 12.2. The number of rotatable bonds is 6. The van der Waals surface area contributed by atoms with Crippen LogP contribution in [0.1, 0.15) is 18.4 Å². The minimum atomic E-state index is -0.512. The van der Waals surface area contributed by atoms with Crippen molar-refractivity contribution >= 4 is 17.2 Å². The molecule has 0 spiro atoms. The average molecular weight is 355 g/mol. The molecule has 128 valence electrons. The summed E-state index contributed by atoms with van der Waals surface area (Å²) in [4.78, 5) is 25.2. The van der Waals surface area contributed by atoms with E-state index in [-0.39, 0.29) is 12.5 Å². The van der Waals surface area contributed by atoms with Crippen molar-refractivity contribution in [3.8, 4) is 10.8 Å². The third-order valence-corrected chi connectivity index (χ3v) is 5.32. The molecule has 7 heteroatoms. The largest absolute Gasteiger partial charge is 0.437 e. The zero-order valence-electron chi connectivity index (χ0n) is 13.5. The standard InChI is InChI=1S/C18H17N3O3S/c22-16(18(8-9-18)13-5-2-1-3-6-13)19-10-11-21-17(23)24-15(20-21)14-7-4-12-25-14/h1-7,12H,8-11H2,(H,19,22). The molecule has 1 fully saturated rings. The van der Waals surface area contributed by atoms with Crippen LogP contribution in [-0.4, -0.2) is 22.2 Å². The fourth-order valence-electron chi connectivity index (χ4n) is 2.92. The van der Waals surface area contributed by atoms with Gasteiger partial charge in [-0.05, 0) is 29.9 Å². The highest BCUT2D eigenvalue weighted by Gasteiger charge is 2.50. The fourth-order valence-corrected chi connectivity index (χ4v) is 3.57. The molecule has 1 aliphatic rings. The van der Waals surface area contributed by atoms with E-state index in [4.69, 9.17) is 4.42 Å². The lowest BCUT2D eigenvalue weighted by molar-refractivity contribution is -0.123. The number of nitrogens with zero attached hydrogens (tertiary/aromatic N) is 2. The molecule has 1 saturated carbocycles. The second-order valence-corrected chi connectivity index (χ2v) is 7.03. The molecule has 0 unspecified atom stereocenters. The Morgan fingerprint density at radius 2 is 2.04 bits per heavy atom. The summed E-state index contributed by atoms with van der Waals surface area (Å²) >= 11 is 1.46. The molecule has 0 bridgehead atoms. The number of nitrogens with one attached hydrogen (secondary N) is 1. The number of hydrogen-bond donors (Lipinski definition) is 1. The molecular formula is C18H17N3O3S. The Hall–Kier alpha value is -2.67. The highest BCUT2D eigenvalue weighted by molar-refractivity contribution is 7.13. The molecule has 4 rings (SSSR count). The van der Waals surface area contributed by atoms with Crippen molar-refractivity contribution in [3.63, 3.8) is 0 Å². The number of amides is 1. The number of thiophene rings is 1. The van der Waals surface area contributed by atoms with Gasteiger partial charge in [-0.3, -0.25) is 4.79 Å². The Labute approximate surface area is 148 Å². The predicted molar refractivity (Wildman–Crippen MR) is 94.4 cm³/mol. The number of benzene rings is 1. The third-order valence-electron chi connectivity index (χ3n) is 4.46. The van der Waals surface area contributed by atoms with Gasteiger partial charge < -0.3 is 9.73 Å². The Bertz CT molecular complexity index is 924. The monoisotopic (exact) mass is 355 g/mol. The molecule has 1 amide bonds. The van der Waals surface area contributed by atoms with E-state index in [0.717, 1.165) is 23.3 Å². The number of aromatic nitrogens is 2. The highest BCUT2D eigenvalue weighted by atomic mass is 32.1. The molecule has 0 aliphatic heterocycles. The summed E-state index contributed by atoms with van der Waals surface area (Å²) in [5, 5.41) is 9.00. The zero-order chi connectivity index (χ0) is 17.3. The maximum Gasteiger partial charge on any atom is 0.437 e. The summed E-state index contributed by atoms with van der Waals surface area (Å²) in [6.07, 6.45) is 1.71. The van der Waals surface area contributed by atoms with Crippen molar-refractivity contribution in [2.75, 3.05) is 6.54 Å². The summed E-state index contributed by atoms with van der Waals surface area (Å²) < 4.78 is 6.41. The van der Waals surface area contributed by atoms with Gasteiger partial charge in [-0.15, -0.1) is 16.4 Å². The van der Waals surface area contributed by atoms with Gasteiger partial charge in [-0.1, -0.05) is 36.4 Å². The van der Waals surface area contributed by atoms with Crippen molar-refractivity contribution in [1.82, 2.24) is 15.1 Å². The Kier molecular flexibility index (Phi) is 4.01. The van der Waals surface area contributed by atoms with Crippen molar-refractivity contribution < 1.29 is 9.21 Å². The SMILES string of the molecule is O=C(NCCn1nc(-c2cccs2)oc1=O)C1(c2ccccc2)CC1. The van der Waals surface area contributed by atoms with Gasteiger partial charge in [0.15, 0.2) is 0 Å². The summed E-state index contributed by atoms with van der Waals surface area (Å²) in [6.45, 7) is 0.619. The fraction of sp³-hybridized carbons (Fsp3) is 0.278. The summed E-state index contributed by atoms with van der Waals surface area (Å²) in [7, 11) is 0. The van der Waals surface area contributed by atoms with Gasteiger partial charge >= 0.3 is 5.76 Å². The van der Waals surface area contributed by atoms with E-state index in [9.17, 15) is 9.59 Å². The molecule has 1 N–H and O–H groups in total. The second-order valence-electron chi connectivity index (χ2n) is 6.08. The van der Waals surface area contributed by atoms with Crippen LogP contribution < -0.4 is 11.1 Å². The summed E-state index contributed by atoms with van der Waals surface area (Å²) in [5.41, 5.74) is 0.643. The normalized spacial score (nSPS) is 15.0. The van der Waals surface area contributed by atoms with Crippen LogP contribution in [0.15, 0.2) is 57.1 Å². The van der Waals surface area contributed by atoms with E-state index in [1.807, 2.05) is 47.8 Å². The Morgan fingerprint density at radius 1 is 1.24 bits per heavy atom. The van der Waals surface area contributed by atoms with Gasteiger partial charge in [-0.2, -0.15) is 4.68 Å². The summed E-state index contributed by atoms with van der Waals surface area (Å²) in [5.74, 6) is -0.190. The van der Waals surface area contributed by atoms with Crippen LogP contribution in [0, 0.1) is 0 Å². The molecule has 25 heavy (non-hydrogen) atoms. The lowest BCUT2D eigenvalue weighted by atomic mass is 9.95. The second kappa shape index (κ2) is 6.33. The van der Waals surface area contributed by atoms with Crippen LogP contribution >= 0.6 is 11.3 Å². The first-order valence-corrected chi connectivity index (χ1v) is 9.03. The van der Waals surface area contributed by atoms with Crippen LogP contribution in [0.5, 0.6) is 0 Å². The molecule has 1 aromatic carbocycles. The summed E-state index contributed by atoms with van der Waals surface area (Å²) in [6, 6.07) is 13.5. The minimum Gasteiger partial charge on any atom is -0.387 e. The smallest absolute Gasteiger partial charge is 0.387 e. The van der Waals surface area contributed by atoms with Gasteiger partial charge in [0.05, 0.1) is 16.8 Å². The molecule has 0 saturated heterocycles. The first kappa shape index (κ1) is 15.8. The van der Waals surface area contributed by atoms with Crippen LogP contribution in [0.25, 0.3) is 10.8 Å². The van der Waals surface area contributed by atoms with Gasteiger partial charge in [0.1, 0.15) is 0 Å². The van der Waals surface area contributed by atoms with Gasteiger partial charge in [-0.25, -0.2) is 4.79 Å². The Morgan fingerprint density at radius 3 is 2.72 bits per heavy atom. The quantitative estimate of drug-likeness (QED) is 0.737. The van der Waals surface area contributed by atoms with E-state index in [1.165, 1.54) is 16.0 Å². The van der Waals surface area contributed by atoms with E-state index in [2.05, 4.69) is 10.4 Å². The van der Waals surface area contributed by atoms with E-state index in [1.54, 1.807) is 0 Å². The van der Waals surface area contributed by atoms with Gasteiger partial charge in [0.25, 0.3) is 5.89 Å². The first-order valence-electron chi connectivity index (χ1n) is 8.15. The molecule has 0 radical (unpaired) electrons. The predicted octanol–water partition coefficient (Wildman–Crippen LogP) is 2.41. The van der Waals surface area contributed by atoms with Gasteiger partial charge in [0, 0.05) is 6.54 Å². The van der Waals surface area contributed by atoms with E-state index >= 15 is 0 Å². The number of hydrogen-bond acceptors (Lipinski definition) is 5. The number of carbonyl (C=O) groups is 1.